The quantitative estimate of drug-likeness (QED) is 0.710. The second-order valence-electron chi connectivity index (χ2n) is 7.12. The van der Waals surface area contributed by atoms with Gasteiger partial charge in [-0.15, -0.1) is 11.3 Å². The SMILES string of the molecule is O=C1CCC(C(=O)Nc2nc(CC(=O)N3CCN(C(=O)c4ccco4)CC3)cs2)N1. The number of anilines is 1. The number of aromatic nitrogens is 1. The molecule has 0 bridgehead atoms. The van der Waals surface area contributed by atoms with Crippen molar-refractivity contribution < 1.29 is 23.6 Å². The maximum absolute atomic E-state index is 12.6. The summed E-state index contributed by atoms with van der Waals surface area (Å²) in [5.41, 5.74) is 0.574. The summed E-state index contributed by atoms with van der Waals surface area (Å²) in [6.45, 7) is 1.77. The molecule has 2 saturated heterocycles. The molecular weight excluding hydrogens is 410 g/mol. The average Bonchev–Trinajstić information content (AvgIpc) is 3.50. The molecule has 2 aliphatic heterocycles. The van der Waals surface area contributed by atoms with Crippen molar-refractivity contribution in [1.82, 2.24) is 20.1 Å². The molecule has 0 aliphatic carbocycles. The van der Waals surface area contributed by atoms with Gasteiger partial charge in [0.15, 0.2) is 10.9 Å². The molecule has 11 heteroatoms. The number of furan rings is 1. The van der Waals surface area contributed by atoms with Crippen LogP contribution in [0.4, 0.5) is 5.13 Å². The first-order chi connectivity index (χ1) is 14.5. The lowest BCUT2D eigenvalue weighted by Crippen LogP contribution is -2.50. The minimum Gasteiger partial charge on any atom is -0.459 e. The molecule has 2 aromatic heterocycles. The van der Waals surface area contributed by atoms with Crippen molar-refractivity contribution in [3.8, 4) is 0 Å². The molecule has 2 aromatic rings. The zero-order valence-electron chi connectivity index (χ0n) is 16.1. The van der Waals surface area contributed by atoms with Gasteiger partial charge in [-0.05, 0) is 18.6 Å². The highest BCUT2D eigenvalue weighted by Gasteiger charge is 2.28. The Morgan fingerprint density at radius 2 is 2.00 bits per heavy atom. The van der Waals surface area contributed by atoms with Gasteiger partial charge >= 0.3 is 0 Å². The molecule has 0 radical (unpaired) electrons. The third-order valence-corrected chi connectivity index (χ3v) is 5.88. The standard InChI is InChI=1S/C19H21N5O5S/c25-15-4-3-13(21-15)17(27)22-19-20-12(11-30-19)10-16(26)23-5-7-24(8-6-23)18(28)14-2-1-9-29-14/h1-2,9,11,13H,3-8,10H2,(H,21,25)(H,20,22,27). The molecule has 0 spiro atoms. The lowest BCUT2D eigenvalue weighted by atomic mass is 10.2. The zero-order valence-corrected chi connectivity index (χ0v) is 16.9. The van der Waals surface area contributed by atoms with Crippen LogP contribution in [0.2, 0.25) is 0 Å². The van der Waals surface area contributed by atoms with Crippen molar-refractivity contribution in [1.29, 1.82) is 0 Å². The van der Waals surface area contributed by atoms with E-state index in [9.17, 15) is 19.2 Å². The van der Waals surface area contributed by atoms with Crippen LogP contribution in [0.3, 0.4) is 0 Å². The van der Waals surface area contributed by atoms with E-state index < -0.39 is 6.04 Å². The Kier molecular flexibility index (Phi) is 5.79. The van der Waals surface area contributed by atoms with E-state index in [2.05, 4.69) is 15.6 Å². The first kappa shape index (κ1) is 20.1. The van der Waals surface area contributed by atoms with E-state index in [0.29, 0.717) is 55.6 Å². The normalized spacial score (nSPS) is 18.9. The minimum absolute atomic E-state index is 0.0775. The highest BCUT2D eigenvalue weighted by molar-refractivity contribution is 7.13. The molecule has 158 valence electrons. The number of thiazole rings is 1. The number of nitrogens with one attached hydrogen (secondary N) is 2. The number of hydrogen-bond acceptors (Lipinski definition) is 7. The lowest BCUT2D eigenvalue weighted by molar-refractivity contribution is -0.132. The maximum Gasteiger partial charge on any atom is 0.289 e. The Hall–Kier alpha value is -3.21. The first-order valence-electron chi connectivity index (χ1n) is 9.65. The van der Waals surface area contributed by atoms with E-state index in [0.717, 1.165) is 0 Å². The molecule has 2 N–H and O–H groups in total. The van der Waals surface area contributed by atoms with Crippen LogP contribution in [0.15, 0.2) is 28.2 Å². The van der Waals surface area contributed by atoms with Gasteiger partial charge in [-0.2, -0.15) is 0 Å². The highest BCUT2D eigenvalue weighted by Crippen LogP contribution is 2.18. The summed E-state index contributed by atoms with van der Waals surface area (Å²) in [5, 5.41) is 7.43. The summed E-state index contributed by atoms with van der Waals surface area (Å²) in [6.07, 6.45) is 2.39. The number of carbonyl (C=O) groups excluding carboxylic acids is 4. The smallest absolute Gasteiger partial charge is 0.289 e. The van der Waals surface area contributed by atoms with Crippen molar-refractivity contribution >= 4 is 40.1 Å². The molecule has 0 aromatic carbocycles. The van der Waals surface area contributed by atoms with Crippen LogP contribution in [-0.2, 0) is 20.8 Å². The fourth-order valence-electron chi connectivity index (χ4n) is 3.43. The molecular formula is C19H21N5O5S. The largest absolute Gasteiger partial charge is 0.459 e. The number of nitrogens with zero attached hydrogens (tertiary/aromatic N) is 3. The number of piperazine rings is 1. The molecule has 1 atom stereocenters. The molecule has 1 unspecified atom stereocenters. The predicted molar refractivity (Wildman–Crippen MR) is 107 cm³/mol. The Balaban J connectivity index is 1.25. The van der Waals surface area contributed by atoms with Gasteiger partial charge in [0.25, 0.3) is 5.91 Å². The molecule has 4 rings (SSSR count). The summed E-state index contributed by atoms with van der Waals surface area (Å²) < 4.78 is 5.14. The molecule has 2 fully saturated rings. The lowest BCUT2D eigenvalue weighted by Gasteiger charge is -2.34. The van der Waals surface area contributed by atoms with Crippen LogP contribution in [0.5, 0.6) is 0 Å². The molecule has 4 amide bonds. The van der Waals surface area contributed by atoms with E-state index in [1.165, 1.54) is 17.6 Å². The van der Waals surface area contributed by atoms with Gasteiger partial charge in [0.05, 0.1) is 18.4 Å². The fraction of sp³-hybridized carbons (Fsp3) is 0.421. The van der Waals surface area contributed by atoms with Gasteiger partial charge in [0.1, 0.15) is 6.04 Å². The number of amides is 4. The van der Waals surface area contributed by atoms with Crippen molar-refractivity contribution in [2.45, 2.75) is 25.3 Å². The van der Waals surface area contributed by atoms with Crippen LogP contribution in [0, 0.1) is 0 Å². The number of rotatable bonds is 5. The predicted octanol–water partition coefficient (Wildman–Crippen LogP) is 0.480. The van der Waals surface area contributed by atoms with Gasteiger partial charge in [-0.3, -0.25) is 19.2 Å². The van der Waals surface area contributed by atoms with E-state index in [1.807, 2.05) is 0 Å². The maximum atomic E-state index is 12.6. The second-order valence-corrected chi connectivity index (χ2v) is 7.98. The van der Waals surface area contributed by atoms with E-state index >= 15 is 0 Å². The Bertz CT molecular complexity index is 948. The van der Waals surface area contributed by atoms with Crippen LogP contribution >= 0.6 is 11.3 Å². The van der Waals surface area contributed by atoms with Gasteiger partial charge in [0, 0.05) is 38.0 Å². The summed E-state index contributed by atoms with van der Waals surface area (Å²) in [4.78, 5) is 55.9. The molecule has 30 heavy (non-hydrogen) atoms. The van der Waals surface area contributed by atoms with Gasteiger partial charge in [-0.1, -0.05) is 0 Å². The van der Waals surface area contributed by atoms with Gasteiger partial charge in [0.2, 0.25) is 17.7 Å². The third kappa shape index (κ3) is 4.51. The summed E-state index contributed by atoms with van der Waals surface area (Å²) in [6, 6.07) is 2.76. The van der Waals surface area contributed by atoms with Gasteiger partial charge in [-0.25, -0.2) is 4.98 Å². The molecule has 4 heterocycles. The minimum atomic E-state index is -0.535. The Morgan fingerprint density at radius 3 is 2.67 bits per heavy atom. The van der Waals surface area contributed by atoms with Crippen LogP contribution in [-0.4, -0.2) is 70.6 Å². The van der Waals surface area contributed by atoms with Crippen molar-refractivity contribution in [3.05, 3.63) is 35.2 Å². The van der Waals surface area contributed by atoms with E-state index in [4.69, 9.17) is 4.42 Å². The van der Waals surface area contributed by atoms with Crippen molar-refractivity contribution in [2.24, 2.45) is 0 Å². The van der Waals surface area contributed by atoms with Crippen LogP contribution in [0.1, 0.15) is 29.1 Å². The highest BCUT2D eigenvalue weighted by atomic mass is 32.1. The Labute approximate surface area is 176 Å². The summed E-state index contributed by atoms with van der Waals surface area (Å²) in [5.74, 6) is -0.391. The Morgan fingerprint density at radius 1 is 1.23 bits per heavy atom. The topological polar surface area (TPSA) is 125 Å². The summed E-state index contributed by atoms with van der Waals surface area (Å²) >= 11 is 1.24. The molecule has 0 saturated carbocycles. The van der Waals surface area contributed by atoms with Crippen LogP contribution < -0.4 is 10.6 Å². The average molecular weight is 431 g/mol. The first-order valence-corrected chi connectivity index (χ1v) is 10.5. The van der Waals surface area contributed by atoms with E-state index in [-0.39, 0.29) is 30.0 Å². The zero-order chi connectivity index (χ0) is 21.1. The number of carbonyl (C=O) groups is 4. The number of hydrogen-bond donors (Lipinski definition) is 2. The fourth-order valence-corrected chi connectivity index (χ4v) is 4.14. The third-order valence-electron chi connectivity index (χ3n) is 5.08. The molecule has 2 aliphatic rings. The van der Waals surface area contributed by atoms with Crippen molar-refractivity contribution in [2.75, 3.05) is 31.5 Å². The second kappa shape index (κ2) is 8.66. The molecule has 10 nitrogen and oxygen atoms in total. The van der Waals surface area contributed by atoms with Gasteiger partial charge < -0.3 is 24.9 Å². The van der Waals surface area contributed by atoms with Crippen LogP contribution in [0.25, 0.3) is 0 Å². The van der Waals surface area contributed by atoms with Crippen molar-refractivity contribution in [3.63, 3.8) is 0 Å². The van der Waals surface area contributed by atoms with E-state index in [1.54, 1.807) is 27.3 Å². The monoisotopic (exact) mass is 431 g/mol. The summed E-state index contributed by atoms with van der Waals surface area (Å²) in [7, 11) is 0.